The first-order valence-electron chi connectivity index (χ1n) is 5.24. The van der Waals surface area contributed by atoms with Crippen LogP contribution in [-0.2, 0) is 6.42 Å². The van der Waals surface area contributed by atoms with Gasteiger partial charge in [-0.15, -0.1) is 0 Å². The van der Waals surface area contributed by atoms with Gasteiger partial charge in [0.1, 0.15) is 5.75 Å². The maximum atomic E-state index is 10.1. The molecule has 3 heteroatoms. The van der Waals surface area contributed by atoms with Crippen molar-refractivity contribution < 1.29 is 10.2 Å². The van der Waals surface area contributed by atoms with Gasteiger partial charge in [0.2, 0.25) is 0 Å². The fourth-order valence-corrected chi connectivity index (χ4v) is 2.45. The van der Waals surface area contributed by atoms with Crippen LogP contribution in [0.4, 0.5) is 0 Å². The molecule has 84 valence electrons. The first kappa shape index (κ1) is 11.4. The molecular formula is C13H13BrO2. The molecule has 2 N–H and O–H groups in total. The number of hydrogen-bond acceptors (Lipinski definition) is 2. The zero-order valence-corrected chi connectivity index (χ0v) is 10.4. The van der Waals surface area contributed by atoms with Crippen LogP contribution in [0, 0.1) is 0 Å². The Morgan fingerprint density at radius 1 is 1.12 bits per heavy atom. The van der Waals surface area contributed by atoms with E-state index in [0.29, 0.717) is 18.6 Å². The van der Waals surface area contributed by atoms with Crippen molar-refractivity contribution >= 4 is 26.7 Å². The summed E-state index contributed by atoms with van der Waals surface area (Å²) >= 11 is 3.50. The van der Waals surface area contributed by atoms with E-state index in [1.54, 1.807) is 0 Å². The third kappa shape index (κ3) is 2.06. The first-order valence-corrected chi connectivity index (χ1v) is 6.03. The van der Waals surface area contributed by atoms with Crippen molar-refractivity contribution in [3.8, 4) is 5.75 Å². The molecule has 0 aromatic heterocycles. The summed E-state index contributed by atoms with van der Waals surface area (Å²) in [7, 11) is 0. The number of phenolic OH excluding ortho intramolecular Hbond substituents is 1. The van der Waals surface area contributed by atoms with Crippen molar-refractivity contribution in [1.82, 2.24) is 0 Å². The standard InChI is InChI=1S/C13H13BrO2/c14-12-8-9(4-3-7-15)13(16)11-6-2-1-5-10(11)12/h1-2,5-6,8,15-16H,3-4,7H2. The third-order valence-corrected chi connectivity index (χ3v) is 3.30. The number of benzene rings is 2. The van der Waals surface area contributed by atoms with E-state index in [2.05, 4.69) is 15.9 Å². The van der Waals surface area contributed by atoms with Crippen LogP contribution in [0.1, 0.15) is 12.0 Å². The fraction of sp³-hybridized carbons (Fsp3) is 0.231. The smallest absolute Gasteiger partial charge is 0.126 e. The summed E-state index contributed by atoms with van der Waals surface area (Å²) in [5.74, 6) is 0.326. The van der Waals surface area contributed by atoms with Gasteiger partial charge in [-0.25, -0.2) is 0 Å². The molecule has 0 radical (unpaired) electrons. The van der Waals surface area contributed by atoms with E-state index in [-0.39, 0.29) is 6.61 Å². The molecule has 0 saturated heterocycles. The summed E-state index contributed by atoms with van der Waals surface area (Å²) in [5.41, 5.74) is 0.875. The average Bonchev–Trinajstić information content (AvgIpc) is 2.32. The maximum Gasteiger partial charge on any atom is 0.126 e. The summed E-state index contributed by atoms with van der Waals surface area (Å²) < 4.78 is 0.980. The van der Waals surface area contributed by atoms with Crippen LogP contribution < -0.4 is 0 Å². The molecule has 0 spiro atoms. The Bertz CT molecular complexity index is 509. The molecule has 0 aliphatic rings. The van der Waals surface area contributed by atoms with Crippen LogP contribution in [0.15, 0.2) is 34.8 Å². The van der Waals surface area contributed by atoms with E-state index in [1.165, 1.54) is 0 Å². The SMILES string of the molecule is OCCCc1cc(Br)c2ccccc2c1O. The largest absolute Gasteiger partial charge is 0.507 e. The molecule has 2 aromatic carbocycles. The molecule has 0 atom stereocenters. The van der Waals surface area contributed by atoms with E-state index >= 15 is 0 Å². The Labute approximate surface area is 103 Å². The van der Waals surface area contributed by atoms with Gasteiger partial charge in [-0.05, 0) is 29.9 Å². The van der Waals surface area contributed by atoms with Crippen molar-refractivity contribution in [3.05, 3.63) is 40.4 Å². The number of fused-ring (bicyclic) bond motifs is 1. The minimum Gasteiger partial charge on any atom is -0.507 e. The summed E-state index contributed by atoms with van der Waals surface area (Å²) in [4.78, 5) is 0. The number of halogens is 1. The molecule has 0 aliphatic heterocycles. The second-order valence-electron chi connectivity index (χ2n) is 3.74. The number of aliphatic hydroxyl groups excluding tert-OH is 1. The monoisotopic (exact) mass is 280 g/mol. The van der Waals surface area contributed by atoms with Crippen LogP contribution in [0.5, 0.6) is 5.75 Å². The van der Waals surface area contributed by atoms with Crippen LogP contribution in [0.25, 0.3) is 10.8 Å². The molecule has 0 heterocycles. The maximum absolute atomic E-state index is 10.1. The van der Waals surface area contributed by atoms with Gasteiger partial charge in [0, 0.05) is 16.5 Å². The lowest BCUT2D eigenvalue weighted by Gasteiger charge is -2.09. The normalized spacial score (nSPS) is 10.9. The van der Waals surface area contributed by atoms with Crippen LogP contribution in [-0.4, -0.2) is 16.8 Å². The number of hydrogen-bond donors (Lipinski definition) is 2. The van der Waals surface area contributed by atoms with Crippen LogP contribution in [0.2, 0.25) is 0 Å². The first-order chi connectivity index (χ1) is 7.74. The molecule has 16 heavy (non-hydrogen) atoms. The Hall–Kier alpha value is -1.06. The highest BCUT2D eigenvalue weighted by Gasteiger charge is 2.09. The Morgan fingerprint density at radius 3 is 2.50 bits per heavy atom. The number of aromatic hydroxyl groups is 1. The highest BCUT2D eigenvalue weighted by molar-refractivity contribution is 9.10. The minimum atomic E-state index is 0.143. The predicted octanol–water partition coefficient (Wildman–Crippen LogP) is 3.23. The molecule has 0 unspecified atom stereocenters. The van der Waals surface area contributed by atoms with Gasteiger partial charge in [0.15, 0.2) is 0 Å². The van der Waals surface area contributed by atoms with Crippen molar-refractivity contribution in [2.75, 3.05) is 6.61 Å². The number of aliphatic hydroxyl groups is 1. The molecule has 2 rings (SSSR count). The fourth-order valence-electron chi connectivity index (χ4n) is 1.83. The van der Waals surface area contributed by atoms with Crippen LogP contribution in [0.3, 0.4) is 0 Å². The molecule has 2 nitrogen and oxygen atoms in total. The second-order valence-corrected chi connectivity index (χ2v) is 4.59. The van der Waals surface area contributed by atoms with Crippen LogP contribution >= 0.6 is 15.9 Å². The molecule has 0 saturated carbocycles. The lowest BCUT2D eigenvalue weighted by molar-refractivity contribution is 0.288. The number of phenols is 1. The van der Waals surface area contributed by atoms with Gasteiger partial charge < -0.3 is 10.2 Å². The van der Waals surface area contributed by atoms with Gasteiger partial charge in [-0.2, -0.15) is 0 Å². The molecule has 0 bridgehead atoms. The zero-order chi connectivity index (χ0) is 11.5. The van der Waals surface area contributed by atoms with E-state index in [9.17, 15) is 5.11 Å². The quantitative estimate of drug-likeness (QED) is 0.906. The Morgan fingerprint density at radius 2 is 1.81 bits per heavy atom. The van der Waals surface area contributed by atoms with Gasteiger partial charge in [0.05, 0.1) is 0 Å². The highest BCUT2D eigenvalue weighted by atomic mass is 79.9. The van der Waals surface area contributed by atoms with Crippen molar-refractivity contribution in [2.45, 2.75) is 12.8 Å². The van der Waals surface area contributed by atoms with Crippen molar-refractivity contribution in [3.63, 3.8) is 0 Å². The van der Waals surface area contributed by atoms with Gasteiger partial charge in [-0.1, -0.05) is 40.2 Å². The summed E-state index contributed by atoms with van der Waals surface area (Å²) in [5, 5.41) is 20.8. The molecule has 0 amide bonds. The van der Waals surface area contributed by atoms with Crippen molar-refractivity contribution in [1.29, 1.82) is 0 Å². The Balaban J connectivity index is 2.56. The third-order valence-electron chi connectivity index (χ3n) is 2.65. The van der Waals surface area contributed by atoms with Gasteiger partial charge >= 0.3 is 0 Å². The van der Waals surface area contributed by atoms with Gasteiger partial charge in [0.25, 0.3) is 0 Å². The molecular weight excluding hydrogens is 268 g/mol. The van der Waals surface area contributed by atoms with E-state index in [0.717, 1.165) is 20.8 Å². The highest BCUT2D eigenvalue weighted by Crippen LogP contribution is 2.34. The van der Waals surface area contributed by atoms with E-state index in [4.69, 9.17) is 5.11 Å². The summed E-state index contributed by atoms with van der Waals surface area (Å²) in [6.07, 6.45) is 1.35. The molecule has 0 fully saturated rings. The van der Waals surface area contributed by atoms with Gasteiger partial charge in [-0.3, -0.25) is 0 Å². The zero-order valence-electron chi connectivity index (χ0n) is 8.78. The lowest BCUT2D eigenvalue weighted by Crippen LogP contribution is -1.91. The van der Waals surface area contributed by atoms with E-state index < -0.39 is 0 Å². The average molecular weight is 281 g/mol. The summed E-state index contributed by atoms with van der Waals surface area (Å²) in [6, 6.07) is 9.64. The summed E-state index contributed by atoms with van der Waals surface area (Å²) in [6.45, 7) is 0.143. The molecule has 0 aliphatic carbocycles. The van der Waals surface area contributed by atoms with E-state index in [1.807, 2.05) is 30.3 Å². The number of rotatable bonds is 3. The predicted molar refractivity (Wildman–Crippen MR) is 68.7 cm³/mol. The molecule has 2 aromatic rings. The topological polar surface area (TPSA) is 40.5 Å². The van der Waals surface area contributed by atoms with Crippen molar-refractivity contribution in [2.24, 2.45) is 0 Å². The number of aryl methyl sites for hydroxylation is 1. The minimum absolute atomic E-state index is 0.143. The second kappa shape index (κ2) is 4.85. The Kier molecular flexibility index (Phi) is 3.46. The lowest BCUT2D eigenvalue weighted by atomic mass is 10.0.